The molecule has 9 heteroatoms. The van der Waals surface area contributed by atoms with Gasteiger partial charge in [0.25, 0.3) is 0 Å². The van der Waals surface area contributed by atoms with Gasteiger partial charge in [-0.05, 0) is 24.1 Å². The quantitative estimate of drug-likeness (QED) is 0.739. The van der Waals surface area contributed by atoms with Gasteiger partial charge in [-0.2, -0.15) is 0 Å². The number of halogens is 1. The van der Waals surface area contributed by atoms with E-state index in [2.05, 4.69) is 15.1 Å². The molecule has 150 valence electrons. The number of sulfone groups is 1. The molecule has 2 saturated heterocycles. The maximum absolute atomic E-state index is 13.8. The van der Waals surface area contributed by atoms with Crippen LogP contribution in [0.4, 0.5) is 4.39 Å². The molecule has 0 saturated carbocycles. The highest BCUT2D eigenvalue weighted by Gasteiger charge is 2.29. The van der Waals surface area contributed by atoms with E-state index in [4.69, 9.17) is 4.74 Å². The van der Waals surface area contributed by atoms with Crippen molar-refractivity contribution in [3.8, 4) is 5.75 Å². The summed E-state index contributed by atoms with van der Waals surface area (Å²) in [5.74, 6) is -0.0419. The SMILES string of the molecule is COc1ccc(CN2CCN(CC(=O)NC3CCS(=O)(=O)C3)CC2)cc1F. The van der Waals surface area contributed by atoms with E-state index in [1.54, 1.807) is 6.07 Å². The van der Waals surface area contributed by atoms with E-state index in [0.29, 0.717) is 13.0 Å². The normalized spacial score (nSPS) is 23.3. The first kappa shape index (κ1) is 20.0. The first-order valence-corrected chi connectivity index (χ1v) is 10.9. The largest absolute Gasteiger partial charge is 0.494 e. The number of nitrogens with one attached hydrogen (secondary N) is 1. The van der Waals surface area contributed by atoms with Crippen molar-refractivity contribution >= 4 is 15.7 Å². The molecule has 27 heavy (non-hydrogen) atoms. The first-order valence-electron chi connectivity index (χ1n) is 9.11. The second-order valence-electron chi connectivity index (χ2n) is 7.19. The first-order chi connectivity index (χ1) is 12.8. The lowest BCUT2D eigenvalue weighted by Crippen LogP contribution is -2.50. The van der Waals surface area contributed by atoms with E-state index in [0.717, 1.165) is 31.7 Å². The summed E-state index contributed by atoms with van der Waals surface area (Å²) in [6.07, 6.45) is 0.500. The van der Waals surface area contributed by atoms with Crippen LogP contribution in [0.2, 0.25) is 0 Å². The van der Waals surface area contributed by atoms with Gasteiger partial charge >= 0.3 is 0 Å². The third kappa shape index (κ3) is 5.63. The van der Waals surface area contributed by atoms with Crippen molar-refractivity contribution in [3.63, 3.8) is 0 Å². The number of rotatable bonds is 6. The third-order valence-corrected chi connectivity index (χ3v) is 6.82. The number of amides is 1. The van der Waals surface area contributed by atoms with Gasteiger partial charge in [-0.15, -0.1) is 0 Å². The Morgan fingerprint density at radius 2 is 1.96 bits per heavy atom. The molecule has 1 amide bonds. The molecule has 7 nitrogen and oxygen atoms in total. The van der Waals surface area contributed by atoms with Crippen LogP contribution in [-0.4, -0.2) is 81.5 Å². The van der Waals surface area contributed by atoms with E-state index in [9.17, 15) is 17.6 Å². The van der Waals surface area contributed by atoms with Crippen LogP contribution in [0.3, 0.4) is 0 Å². The van der Waals surface area contributed by atoms with Crippen LogP contribution in [0.15, 0.2) is 18.2 Å². The molecule has 3 rings (SSSR count). The summed E-state index contributed by atoms with van der Waals surface area (Å²) in [7, 11) is -1.54. The van der Waals surface area contributed by atoms with Crippen molar-refractivity contribution in [2.45, 2.75) is 19.0 Å². The van der Waals surface area contributed by atoms with Gasteiger partial charge in [0.2, 0.25) is 5.91 Å². The van der Waals surface area contributed by atoms with Crippen LogP contribution in [0.25, 0.3) is 0 Å². The molecule has 2 fully saturated rings. The zero-order valence-electron chi connectivity index (χ0n) is 15.5. The predicted octanol–water partition coefficient (Wildman–Crippen LogP) is 0.255. The molecule has 1 aromatic rings. The second kappa shape index (κ2) is 8.53. The number of nitrogens with zero attached hydrogens (tertiary/aromatic N) is 2. The zero-order chi connectivity index (χ0) is 19.4. The van der Waals surface area contributed by atoms with Crippen LogP contribution >= 0.6 is 0 Å². The van der Waals surface area contributed by atoms with Gasteiger partial charge in [0.05, 0.1) is 25.2 Å². The number of hydrogen-bond acceptors (Lipinski definition) is 6. The zero-order valence-corrected chi connectivity index (χ0v) is 16.3. The molecule has 0 aliphatic carbocycles. The van der Waals surface area contributed by atoms with Gasteiger partial charge in [0, 0.05) is 38.8 Å². The van der Waals surface area contributed by atoms with Crippen molar-refractivity contribution < 1.29 is 22.3 Å². The Morgan fingerprint density at radius 1 is 1.26 bits per heavy atom. The highest BCUT2D eigenvalue weighted by Crippen LogP contribution is 2.19. The number of carbonyl (C=O) groups is 1. The lowest BCUT2D eigenvalue weighted by molar-refractivity contribution is -0.123. The molecular formula is C18H26FN3O4S. The minimum Gasteiger partial charge on any atom is -0.494 e. The lowest BCUT2D eigenvalue weighted by Gasteiger charge is -2.34. The van der Waals surface area contributed by atoms with Crippen molar-refractivity contribution in [3.05, 3.63) is 29.6 Å². The molecule has 1 unspecified atom stereocenters. The standard InChI is InChI=1S/C18H26FN3O4S/c1-26-17-3-2-14(10-16(17)19)11-21-5-7-22(8-6-21)12-18(23)20-15-4-9-27(24,25)13-15/h2-3,10,15H,4-9,11-13H2,1H3,(H,20,23). The Kier molecular flexibility index (Phi) is 6.33. The topological polar surface area (TPSA) is 79.0 Å². The lowest BCUT2D eigenvalue weighted by atomic mass is 10.2. The summed E-state index contributed by atoms with van der Waals surface area (Å²) >= 11 is 0. The van der Waals surface area contributed by atoms with Crippen molar-refractivity contribution in [1.82, 2.24) is 15.1 Å². The average molecular weight is 399 g/mol. The Labute approximate surface area is 159 Å². The predicted molar refractivity (Wildman–Crippen MR) is 99.9 cm³/mol. The van der Waals surface area contributed by atoms with E-state index >= 15 is 0 Å². The smallest absolute Gasteiger partial charge is 0.234 e. The van der Waals surface area contributed by atoms with Crippen LogP contribution in [0.5, 0.6) is 5.75 Å². The monoisotopic (exact) mass is 399 g/mol. The minimum absolute atomic E-state index is 0.0466. The fourth-order valence-corrected chi connectivity index (χ4v) is 5.23. The second-order valence-corrected chi connectivity index (χ2v) is 9.42. The fraction of sp³-hybridized carbons (Fsp3) is 0.611. The number of methoxy groups -OCH3 is 1. The summed E-state index contributed by atoms with van der Waals surface area (Å²) < 4.78 is 41.6. The number of piperazine rings is 1. The van der Waals surface area contributed by atoms with Gasteiger partial charge in [-0.1, -0.05) is 6.07 Å². The van der Waals surface area contributed by atoms with Gasteiger partial charge in [-0.25, -0.2) is 12.8 Å². The Morgan fingerprint density at radius 3 is 2.56 bits per heavy atom. The van der Waals surface area contributed by atoms with Crippen molar-refractivity contribution in [2.75, 3.05) is 51.3 Å². The average Bonchev–Trinajstić information content (AvgIpc) is 2.95. The summed E-state index contributed by atoms with van der Waals surface area (Å²) in [6.45, 7) is 4.00. The molecule has 2 aliphatic heterocycles. The van der Waals surface area contributed by atoms with E-state index < -0.39 is 9.84 Å². The van der Waals surface area contributed by atoms with E-state index in [1.807, 2.05) is 6.07 Å². The van der Waals surface area contributed by atoms with Gasteiger partial charge < -0.3 is 10.1 Å². The van der Waals surface area contributed by atoms with Gasteiger partial charge in [0.15, 0.2) is 21.4 Å². The molecule has 1 aromatic carbocycles. The minimum atomic E-state index is -2.99. The Hall–Kier alpha value is -1.71. The maximum Gasteiger partial charge on any atom is 0.234 e. The molecule has 1 atom stereocenters. The van der Waals surface area contributed by atoms with Crippen molar-refractivity contribution in [1.29, 1.82) is 0 Å². The molecule has 1 N–H and O–H groups in total. The number of carbonyl (C=O) groups excluding carboxylic acids is 1. The van der Waals surface area contributed by atoms with Crippen LogP contribution < -0.4 is 10.1 Å². The third-order valence-electron chi connectivity index (χ3n) is 5.05. The summed E-state index contributed by atoms with van der Waals surface area (Å²) in [5.41, 5.74) is 0.891. The highest BCUT2D eigenvalue weighted by molar-refractivity contribution is 7.91. The molecule has 0 aromatic heterocycles. The Bertz CT molecular complexity index is 779. The van der Waals surface area contributed by atoms with E-state index in [1.165, 1.54) is 13.2 Å². The van der Waals surface area contributed by atoms with Crippen molar-refractivity contribution in [2.24, 2.45) is 0 Å². The van der Waals surface area contributed by atoms with Gasteiger partial charge in [-0.3, -0.25) is 14.6 Å². The summed E-state index contributed by atoms with van der Waals surface area (Å²) in [4.78, 5) is 16.4. The number of ether oxygens (including phenoxy) is 1. The highest BCUT2D eigenvalue weighted by atomic mass is 32.2. The summed E-state index contributed by atoms with van der Waals surface area (Å²) in [5, 5.41) is 2.82. The number of hydrogen-bond donors (Lipinski definition) is 1. The number of benzene rings is 1. The molecule has 0 bridgehead atoms. The van der Waals surface area contributed by atoms with Gasteiger partial charge in [0.1, 0.15) is 0 Å². The maximum atomic E-state index is 13.8. The van der Waals surface area contributed by atoms with Crippen LogP contribution in [0, 0.1) is 5.82 Å². The molecular weight excluding hydrogens is 373 g/mol. The Balaban J connectivity index is 1.41. The molecule has 0 radical (unpaired) electrons. The summed E-state index contributed by atoms with van der Waals surface area (Å²) in [6, 6.07) is 4.73. The fourth-order valence-electron chi connectivity index (χ4n) is 3.56. The molecule has 0 spiro atoms. The van der Waals surface area contributed by atoms with Crippen LogP contribution in [-0.2, 0) is 21.2 Å². The van der Waals surface area contributed by atoms with E-state index in [-0.39, 0.29) is 41.6 Å². The molecule has 2 heterocycles. The molecule has 2 aliphatic rings. The van der Waals surface area contributed by atoms with Crippen LogP contribution in [0.1, 0.15) is 12.0 Å².